The van der Waals surface area contributed by atoms with E-state index in [1.165, 1.54) is 16.7 Å². The number of hydrogen-bond acceptors (Lipinski definition) is 0. The third kappa shape index (κ3) is 1.57. The Morgan fingerprint density at radius 1 is 1.08 bits per heavy atom. The van der Waals surface area contributed by atoms with Crippen molar-refractivity contribution in [2.24, 2.45) is 5.92 Å². The summed E-state index contributed by atoms with van der Waals surface area (Å²) in [6.07, 6.45) is 15.4. The fourth-order valence-corrected chi connectivity index (χ4v) is 1.81. The predicted molar refractivity (Wildman–Crippen MR) is 57.4 cm³/mol. The second-order valence-corrected chi connectivity index (χ2v) is 3.65. The van der Waals surface area contributed by atoms with E-state index >= 15 is 0 Å². The summed E-state index contributed by atoms with van der Waals surface area (Å²) in [6, 6.07) is 0. The first-order chi connectivity index (χ1) is 6.27. The fraction of sp³-hybridized carbons (Fsp3) is 0.231. The monoisotopic (exact) mass is 170 g/mol. The van der Waals surface area contributed by atoms with Crippen LogP contribution in [0.3, 0.4) is 0 Å². The number of hydrogen-bond donors (Lipinski definition) is 0. The van der Waals surface area contributed by atoms with Gasteiger partial charge >= 0.3 is 0 Å². The third-order valence-corrected chi connectivity index (χ3v) is 2.56. The van der Waals surface area contributed by atoms with Gasteiger partial charge in [0.2, 0.25) is 0 Å². The van der Waals surface area contributed by atoms with E-state index < -0.39 is 0 Å². The minimum atomic E-state index is 0.486. The van der Waals surface area contributed by atoms with Crippen LogP contribution in [0.1, 0.15) is 13.8 Å². The van der Waals surface area contributed by atoms with Gasteiger partial charge in [0.1, 0.15) is 0 Å². The van der Waals surface area contributed by atoms with E-state index in [1.54, 1.807) is 0 Å². The molecule has 0 saturated heterocycles. The van der Waals surface area contributed by atoms with Crippen molar-refractivity contribution in [3.05, 3.63) is 59.3 Å². The Kier molecular flexibility index (Phi) is 2.05. The summed E-state index contributed by atoms with van der Waals surface area (Å²) in [5.74, 6) is 0.486. The van der Waals surface area contributed by atoms with Crippen LogP contribution in [0.25, 0.3) is 0 Å². The van der Waals surface area contributed by atoms with Gasteiger partial charge in [-0.05, 0) is 25.0 Å². The molecule has 0 spiro atoms. The van der Waals surface area contributed by atoms with Crippen LogP contribution in [0.5, 0.6) is 0 Å². The second-order valence-electron chi connectivity index (χ2n) is 3.65. The van der Waals surface area contributed by atoms with Gasteiger partial charge in [-0.25, -0.2) is 0 Å². The highest BCUT2D eigenvalue weighted by Crippen LogP contribution is 2.28. The Balaban J connectivity index is 2.44. The summed E-state index contributed by atoms with van der Waals surface area (Å²) < 4.78 is 0. The Morgan fingerprint density at radius 3 is 2.77 bits per heavy atom. The van der Waals surface area contributed by atoms with Crippen molar-refractivity contribution in [3.63, 3.8) is 0 Å². The molecule has 1 atom stereocenters. The molecule has 0 radical (unpaired) electrons. The van der Waals surface area contributed by atoms with Crippen molar-refractivity contribution in [1.29, 1.82) is 0 Å². The normalized spacial score (nSPS) is 25.7. The molecule has 0 aromatic heterocycles. The molecule has 0 bridgehead atoms. The van der Waals surface area contributed by atoms with Gasteiger partial charge in [-0.15, -0.1) is 0 Å². The largest absolute Gasteiger partial charge is 0.0732 e. The summed E-state index contributed by atoms with van der Waals surface area (Å²) in [4.78, 5) is 0. The number of rotatable bonds is 0. The van der Waals surface area contributed by atoms with Crippen LogP contribution in [-0.4, -0.2) is 0 Å². The summed E-state index contributed by atoms with van der Waals surface area (Å²) in [7, 11) is 0. The molecule has 0 heterocycles. The van der Waals surface area contributed by atoms with Crippen LogP contribution >= 0.6 is 0 Å². The van der Waals surface area contributed by atoms with Gasteiger partial charge in [-0.3, -0.25) is 0 Å². The molecule has 0 nitrogen and oxygen atoms in total. The van der Waals surface area contributed by atoms with E-state index in [2.05, 4.69) is 56.4 Å². The summed E-state index contributed by atoms with van der Waals surface area (Å²) in [5.41, 5.74) is 4.15. The van der Waals surface area contributed by atoms with Crippen LogP contribution in [0.2, 0.25) is 0 Å². The highest BCUT2D eigenvalue weighted by Gasteiger charge is 2.13. The molecular weight excluding hydrogens is 156 g/mol. The zero-order valence-corrected chi connectivity index (χ0v) is 8.12. The molecule has 0 amide bonds. The first-order valence-corrected chi connectivity index (χ1v) is 4.69. The Bertz CT molecular complexity index is 359. The van der Waals surface area contributed by atoms with E-state index in [1.807, 2.05) is 0 Å². The molecule has 0 saturated carbocycles. The summed E-state index contributed by atoms with van der Waals surface area (Å²) in [5, 5.41) is 0. The van der Waals surface area contributed by atoms with E-state index in [4.69, 9.17) is 0 Å². The molecule has 13 heavy (non-hydrogen) atoms. The third-order valence-electron chi connectivity index (χ3n) is 2.56. The lowest BCUT2D eigenvalue weighted by Gasteiger charge is -2.16. The quantitative estimate of drug-likeness (QED) is 0.521. The van der Waals surface area contributed by atoms with Gasteiger partial charge in [0.25, 0.3) is 0 Å². The van der Waals surface area contributed by atoms with E-state index in [9.17, 15) is 0 Å². The Hall–Kier alpha value is -1.30. The highest BCUT2D eigenvalue weighted by molar-refractivity contribution is 5.47. The van der Waals surface area contributed by atoms with Crippen LogP contribution in [0.15, 0.2) is 59.3 Å². The maximum atomic E-state index is 2.31. The Labute approximate surface area is 79.7 Å². The maximum Gasteiger partial charge on any atom is 0.0210 e. The maximum absolute atomic E-state index is 2.31. The molecule has 0 fully saturated rings. The van der Waals surface area contributed by atoms with Gasteiger partial charge in [0.05, 0.1) is 0 Å². The average molecular weight is 170 g/mol. The molecule has 0 N–H and O–H groups in total. The lowest BCUT2D eigenvalue weighted by Crippen LogP contribution is -2.02. The van der Waals surface area contributed by atoms with Crippen LogP contribution < -0.4 is 0 Å². The van der Waals surface area contributed by atoms with E-state index in [0.717, 1.165) is 0 Å². The number of allylic oxidation sites excluding steroid dienone is 10. The zero-order chi connectivity index (χ0) is 9.26. The molecule has 0 aromatic rings. The molecule has 0 heteroatoms. The molecule has 0 aromatic carbocycles. The standard InChI is InChI=1S/C13H14/c1-10-5-3-8-13-11(2)6-4-7-12(13)9-10/h3-9,12H,1-2H3. The molecule has 2 rings (SSSR count). The molecule has 66 valence electrons. The second kappa shape index (κ2) is 3.21. The van der Waals surface area contributed by atoms with Crippen molar-refractivity contribution < 1.29 is 0 Å². The van der Waals surface area contributed by atoms with E-state index in [-0.39, 0.29) is 0 Å². The molecular formula is C13H14. The fourth-order valence-electron chi connectivity index (χ4n) is 1.81. The van der Waals surface area contributed by atoms with Crippen LogP contribution in [0, 0.1) is 5.92 Å². The van der Waals surface area contributed by atoms with Crippen molar-refractivity contribution in [2.45, 2.75) is 13.8 Å². The molecule has 0 aliphatic heterocycles. The number of fused-ring (bicyclic) bond motifs is 1. The van der Waals surface area contributed by atoms with Gasteiger partial charge < -0.3 is 0 Å². The minimum Gasteiger partial charge on any atom is -0.0732 e. The van der Waals surface area contributed by atoms with Crippen LogP contribution in [-0.2, 0) is 0 Å². The van der Waals surface area contributed by atoms with Gasteiger partial charge in [0.15, 0.2) is 0 Å². The Morgan fingerprint density at radius 2 is 1.92 bits per heavy atom. The SMILES string of the molecule is CC1=CC2C=CC=C(C)C2=CC=C1. The molecule has 2 aliphatic carbocycles. The van der Waals surface area contributed by atoms with Gasteiger partial charge in [-0.2, -0.15) is 0 Å². The van der Waals surface area contributed by atoms with Crippen molar-refractivity contribution in [1.82, 2.24) is 0 Å². The summed E-state index contributed by atoms with van der Waals surface area (Å²) in [6.45, 7) is 4.32. The summed E-state index contributed by atoms with van der Waals surface area (Å²) >= 11 is 0. The molecule has 1 unspecified atom stereocenters. The lowest BCUT2D eigenvalue weighted by atomic mass is 9.88. The first-order valence-electron chi connectivity index (χ1n) is 4.69. The molecule has 2 aliphatic rings. The van der Waals surface area contributed by atoms with Crippen molar-refractivity contribution >= 4 is 0 Å². The van der Waals surface area contributed by atoms with Crippen LogP contribution in [0.4, 0.5) is 0 Å². The lowest BCUT2D eigenvalue weighted by molar-refractivity contribution is 0.956. The topological polar surface area (TPSA) is 0 Å². The zero-order valence-electron chi connectivity index (χ0n) is 8.12. The highest BCUT2D eigenvalue weighted by atomic mass is 14.2. The smallest absolute Gasteiger partial charge is 0.0210 e. The van der Waals surface area contributed by atoms with Crippen molar-refractivity contribution in [3.8, 4) is 0 Å². The van der Waals surface area contributed by atoms with Crippen molar-refractivity contribution in [2.75, 3.05) is 0 Å². The first kappa shape index (κ1) is 8.31. The minimum absolute atomic E-state index is 0.486. The average Bonchev–Trinajstić information content (AvgIpc) is 2.27. The predicted octanol–water partition coefficient (Wildman–Crippen LogP) is 3.56. The van der Waals surface area contributed by atoms with Gasteiger partial charge in [0, 0.05) is 5.92 Å². The van der Waals surface area contributed by atoms with E-state index in [0.29, 0.717) is 5.92 Å². The van der Waals surface area contributed by atoms with Gasteiger partial charge in [-0.1, -0.05) is 48.1 Å².